The Morgan fingerprint density at radius 2 is 2.24 bits per heavy atom. The topological polar surface area (TPSA) is 68.1 Å². The Kier molecular flexibility index (Phi) is 3.94. The largest absolute Gasteiger partial charge is 0.490 e. The van der Waals surface area contributed by atoms with E-state index in [1.165, 1.54) is 13.2 Å². The van der Waals surface area contributed by atoms with E-state index in [4.69, 9.17) is 9.47 Å². The molecule has 3 rings (SSSR count). The molecule has 2 saturated heterocycles. The van der Waals surface area contributed by atoms with E-state index in [2.05, 4.69) is 9.80 Å². The van der Waals surface area contributed by atoms with Crippen LogP contribution in [0.3, 0.4) is 0 Å². The second kappa shape index (κ2) is 5.87. The number of methoxy groups -OCH3 is 1. The van der Waals surface area contributed by atoms with Gasteiger partial charge in [-0.2, -0.15) is 0 Å². The zero-order valence-electron chi connectivity index (χ0n) is 12.0. The number of hydrogen-bond donors (Lipinski definition) is 0. The smallest absolute Gasteiger partial charge is 0.311 e. The maximum atomic E-state index is 10.9. The lowest BCUT2D eigenvalue weighted by Crippen LogP contribution is -2.58. The van der Waals surface area contributed by atoms with Crippen LogP contribution in [0.25, 0.3) is 0 Å². The summed E-state index contributed by atoms with van der Waals surface area (Å²) in [5, 5.41) is 10.9. The van der Waals surface area contributed by atoms with E-state index >= 15 is 0 Å². The summed E-state index contributed by atoms with van der Waals surface area (Å²) < 4.78 is 10.7. The monoisotopic (exact) mass is 293 g/mol. The highest BCUT2D eigenvalue weighted by Gasteiger charge is 2.30. The molecule has 7 nitrogen and oxygen atoms in total. The van der Waals surface area contributed by atoms with E-state index in [1.54, 1.807) is 12.1 Å². The summed E-state index contributed by atoms with van der Waals surface area (Å²) in [4.78, 5) is 15.2. The van der Waals surface area contributed by atoms with E-state index in [9.17, 15) is 10.1 Å². The van der Waals surface area contributed by atoms with Gasteiger partial charge in [-0.3, -0.25) is 15.0 Å². The number of nitro benzene ring substituents is 1. The minimum atomic E-state index is -0.421. The third-order valence-electron chi connectivity index (χ3n) is 4.16. The SMILES string of the molecule is COc1cc(N2CCN3CCOC[C@H]3C2)ccc1[N+](=O)[O-]. The van der Waals surface area contributed by atoms with Gasteiger partial charge in [-0.05, 0) is 6.07 Å². The zero-order chi connectivity index (χ0) is 14.8. The first-order valence-corrected chi connectivity index (χ1v) is 7.08. The summed E-state index contributed by atoms with van der Waals surface area (Å²) >= 11 is 0. The Morgan fingerprint density at radius 3 is 3.00 bits per heavy atom. The Morgan fingerprint density at radius 1 is 1.38 bits per heavy atom. The molecule has 0 radical (unpaired) electrons. The van der Waals surface area contributed by atoms with Crippen molar-refractivity contribution in [3.8, 4) is 5.75 Å². The summed E-state index contributed by atoms with van der Waals surface area (Å²) in [7, 11) is 1.46. The number of morpholine rings is 1. The summed E-state index contributed by atoms with van der Waals surface area (Å²) in [5.41, 5.74) is 0.962. The molecule has 21 heavy (non-hydrogen) atoms. The summed E-state index contributed by atoms with van der Waals surface area (Å²) in [6, 6.07) is 5.45. The standard InChI is InChI=1S/C14H19N3O4/c1-20-14-8-11(2-3-13(14)17(18)19)16-5-4-15-6-7-21-10-12(15)9-16/h2-3,8,12H,4-7,9-10H2,1H3/t12-/m1/s1. The van der Waals surface area contributed by atoms with E-state index in [0.717, 1.165) is 45.1 Å². The number of nitrogens with zero attached hydrogens (tertiary/aromatic N) is 3. The van der Waals surface area contributed by atoms with Gasteiger partial charge in [-0.1, -0.05) is 0 Å². The molecule has 0 aliphatic carbocycles. The van der Waals surface area contributed by atoms with Gasteiger partial charge in [0.25, 0.3) is 0 Å². The van der Waals surface area contributed by atoms with Crippen LogP contribution in [0.2, 0.25) is 0 Å². The molecule has 114 valence electrons. The van der Waals surface area contributed by atoms with Crippen molar-refractivity contribution in [1.29, 1.82) is 0 Å². The second-order valence-electron chi connectivity index (χ2n) is 5.32. The van der Waals surface area contributed by atoms with Crippen molar-refractivity contribution in [2.75, 3.05) is 51.4 Å². The number of hydrogen-bond acceptors (Lipinski definition) is 6. The van der Waals surface area contributed by atoms with Crippen LogP contribution in [0.5, 0.6) is 5.75 Å². The van der Waals surface area contributed by atoms with Gasteiger partial charge in [-0.25, -0.2) is 0 Å². The molecule has 0 amide bonds. The van der Waals surface area contributed by atoms with Gasteiger partial charge in [-0.15, -0.1) is 0 Å². The molecule has 2 aliphatic heterocycles. The summed E-state index contributed by atoms with van der Waals surface area (Å²) in [6.07, 6.45) is 0. The molecule has 0 bridgehead atoms. The Bertz CT molecular complexity index is 537. The highest BCUT2D eigenvalue weighted by atomic mass is 16.6. The Labute approximate surface area is 123 Å². The summed E-state index contributed by atoms with van der Waals surface area (Å²) in [6.45, 7) is 5.33. The highest BCUT2D eigenvalue weighted by Crippen LogP contribution is 2.32. The fourth-order valence-corrected chi connectivity index (χ4v) is 2.99. The lowest BCUT2D eigenvalue weighted by atomic mass is 10.1. The lowest BCUT2D eigenvalue weighted by molar-refractivity contribution is -0.385. The molecular weight excluding hydrogens is 274 g/mol. The van der Waals surface area contributed by atoms with Crippen LogP contribution in [0.4, 0.5) is 11.4 Å². The normalized spacial score (nSPS) is 22.7. The van der Waals surface area contributed by atoms with Crippen LogP contribution >= 0.6 is 0 Å². The van der Waals surface area contributed by atoms with Crippen LogP contribution in [-0.4, -0.2) is 62.4 Å². The van der Waals surface area contributed by atoms with Gasteiger partial charge >= 0.3 is 5.69 Å². The van der Waals surface area contributed by atoms with E-state index in [0.29, 0.717) is 11.8 Å². The molecule has 0 aromatic heterocycles. The number of nitro groups is 1. The average Bonchev–Trinajstić information content (AvgIpc) is 2.53. The first-order chi connectivity index (χ1) is 10.2. The first kappa shape index (κ1) is 14.1. The van der Waals surface area contributed by atoms with Crippen LogP contribution in [0.1, 0.15) is 0 Å². The van der Waals surface area contributed by atoms with Crippen LogP contribution in [0.15, 0.2) is 18.2 Å². The zero-order valence-corrected chi connectivity index (χ0v) is 12.0. The molecule has 7 heteroatoms. The molecular formula is C14H19N3O4. The van der Waals surface area contributed by atoms with Gasteiger partial charge in [0.1, 0.15) is 0 Å². The van der Waals surface area contributed by atoms with Crippen LogP contribution in [0, 0.1) is 10.1 Å². The third-order valence-corrected chi connectivity index (χ3v) is 4.16. The maximum absolute atomic E-state index is 10.9. The van der Waals surface area contributed by atoms with Crippen molar-refractivity contribution >= 4 is 11.4 Å². The van der Waals surface area contributed by atoms with Crippen molar-refractivity contribution < 1.29 is 14.4 Å². The number of fused-ring (bicyclic) bond motifs is 1. The number of benzene rings is 1. The van der Waals surface area contributed by atoms with Crippen LogP contribution in [-0.2, 0) is 4.74 Å². The number of piperazine rings is 1. The van der Waals surface area contributed by atoms with E-state index in [1.807, 2.05) is 0 Å². The Balaban J connectivity index is 1.79. The van der Waals surface area contributed by atoms with Crippen molar-refractivity contribution in [2.24, 2.45) is 0 Å². The molecule has 0 spiro atoms. The van der Waals surface area contributed by atoms with Crippen molar-refractivity contribution in [2.45, 2.75) is 6.04 Å². The predicted molar refractivity (Wildman–Crippen MR) is 78.0 cm³/mol. The highest BCUT2D eigenvalue weighted by molar-refractivity contribution is 5.59. The minimum Gasteiger partial charge on any atom is -0.490 e. The van der Waals surface area contributed by atoms with Crippen molar-refractivity contribution in [3.63, 3.8) is 0 Å². The van der Waals surface area contributed by atoms with Gasteiger partial charge in [0, 0.05) is 44.0 Å². The number of rotatable bonds is 3. The molecule has 2 aliphatic rings. The van der Waals surface area contributed by atoms with Gasteiger partial charge < -0.3 is 14.4 Å². The summed E-state index contributed by atoms with van der Waals surface area (Å²) in [5.74, 6) is 0.305. The maximum Gasteiger partial charge on any atom is 0.311 e. The molecule has 0 N–H and O–H groups in total. The molecule has 1 aromatic rings. The minimum absolute atomic E-state index is 0.000820. The molecule has 2 heterocycles. The molecule has 1 atom stereocenters. The third kappa shape index (κ3) is 2.79. The molecule has 0 saturated carbocycles. The fourth-order valence-electron chi connectivity index (χ4n) is 2.99. The van der Waals surface area contributed by atoms with Gasteiger partial charge in [0.15, 0.2) is 5.75 Å². The first-order valence-electron chi connectivity index (χ1n) is 7.08. The number of anilines is 1. The average molecular weight is 293 g/mol. The Hall–Kier alpha value is -1.86. The van der Waals surface area contributed by atoms with Gasteiger partial charge in [0.2, 0.25) is 0 Å². The van der Waals surface area contributed by atoms with Crippen molar-refractivity contribution in [3.05, 3.63) is 28.3 Å². The second-order valence-corrected chi connectivity index (χ2v) is 5.32. The molecule has 2 fully saturated rings. The van der Waals surface area contributed by atoms with Gasteiger partial charge in [0.05, 0.1) is 31.3 Å². The fraction of sp³-hybridized carbons (Fsp3) is 0.571. The van der Waals surface area contributed by atoms with Crippen molar-refractivity contribution in [1.82, 2.24) is 4.90 Å². The number of ether oxygens (including phenoxy) is 2. The van der Waals surface area contributed by atoms with E-state index < -0.39 is 4.92 Å². The molecule has 0 unspecified atom stereocenters. The van der Waals surface area contributed by atoms with E-state index in [-0.39, 0.29) is 5.69 Å². The molecule has 1 aromatic carbocycles. The quantitative estimate of drug-likeness (QED) is 0.614. The predicted octanol–water partition coefficient (Wildman–Crippen LogP) is 1.12. The van der Waals surface area contributed by atoms with Crippen LogP contribution < -0.4 is 9.64 Å². The lowest BCUT2D eigenvalue weighted by Gasteiger charge is -2.44.